The SMILES string of the molecule is CCCOc1cccc(NCc2cc(Br)ccc2Cl)c1. The van der Waals surface area contributed by atoms with Gasteiger partial charge < -0.3 is 10.1 Å². The molecule has 2 aromatic carbocycles. The Morgan fingerprint density at radius 2 is 2.05 bits per heavy atom. The Morgan fingerprint density at radius 1 is 1.20 bits per heavy atom. The van der Waals surface area contributed by atoms with Crippen LogP contribution >= 0.6 is 27.5 Å². The first kappa shape index (κ1) is 15.2. The average molecular weight is 355 g/mol. The van der Waals surface area contributed by atoms with Gasteiger partial charge in [0.05, 0.1) is 6.61 Å². The number of rotatable bonds is 6. The zero-order valence-electron chi connectivity index (χ0n) is 11.3. The van der Waals surface area contributed by atoms with E-state index in [0.717, 1.165) is 39.5 Å². The summed E-state index contributed by atoms with van der Waals surface area (Å²) in [5.41, 5.74) is 2.08. The molecular weight excluding hydrogens is 338 g/mol. The lowest BCUT2D eigenvalue weighted by atomic mass is 10.2. The first-order valence-electron chi connectivity index (χ1n) is 6.59. The molecule has 0 atom stereocenters. The maximum atomic E-state index is 6.18. The number of benzene rings is 2. The van der Waals surface area contributed by atoms with Gasteiger partial charge in [0.2, 0.25) is 0 Å². The molecule has 0 aliphatic rings. The maximum Gasteiger partial charge on any atom is 0.121 e. The smallest absolute Gasteiger partial charge is 0.121 e. The molecule has 2 rings (SSSR count). The third kappa shape index (κ3) is 4.43. The van der Waals surface area contributed by atoms with Crippen molar-refractivity contribution in [2.75, 3.05) is 11.9 Å². The summed E-state index contributed by atoms with van der Waals surface area (Å²) < 4.78 is 6.64. The van der Waals surface area contributed by atoms with Crippen molar-refractivity contribution in [2.45, 2.75) is 19.9 Å². The van der Waals surface area contributed by atoms with E-state index in [1.807, 2.05) is 42.5 Å². The predicted molar refractivity (Wildman–Crippen MR) is 88.7 cm³/mol. The molecule has 20 heavy (non-hydrogen) atoms. The number of hydrogen-bond acceptors (Lipinski definition) is 2. The summed E-state index contributed by atoms with van der Waals surface area (Å²) in [5, 5.41) is 4.12. The maximum absolute atomic E-state index is 6.18. The minimum atomic E-state index is 0.676. The Balaban J connectivity index is 2.01. The normalized spacial score (nSPS) is 10.3. The lowest BCUT2D eigenvalue weighted by Gasteiger charge is -2.10. The van der Waals surface area contributed by atoms with Crippen molar-refractivity contribution in [1.82, 2.24) is 0 Å². The van der Waals surface area contributed by atoms with Crippen LogP contribution < -0.4 is 10.1 Å². The highest BCUT2D eigenvalue weighted by molar-refractivity contribution is 9.10. The molecule has 0 unspecified atom stereocenters. The lowest BCUT2D eigenvalue weighted by molar-refractivity contribution is 0.317. The van der Waals surface area contributed by atoms with Crippen LogP contribution in [0.5, 0.6) is 5.75 Å². The molecule has 0 fully saturated rings. The van der Waals surface area contributed by atoms with Gasteiger partial charge in [-0.2, -0.15) is 0 Å². The van der Waals surface area contributed by atoms with Crippen molar-refractivity contribution in [3.05, 3.63) is 57.5 Å². The molecule has 0 saturated heterocycles. The molecule has 4 heteroatoms. The molecule has 106 valence electrons. The molecule has 0 amide bonds. The Labute approximate surface area is 133 Å². The Morgan fingerprint density at radius 3 is 2.85 bits per heavy atom. The highest BCUT2D eigenvalue weighted by Crippen LogP contribution is 2.23. The molecule has 0 radical (unpaired) electrons. The summed E-state index contributed by atoms with van der Waals surface area (Å²) in [6, 6.07) is 13.8. The van der Waals surface area contributed by atoms with Crippen molar-refractivity contribution < 1.29 is 4.74 Å². The van der Waals surface area contributed by atoms with Crippen LogP contribution in [0, 0.1) is 0 Å². The summed E-state index contributed by atoms with van der Waals surface area (Å²) in [4.78, 5) is 0. The van der Waals surface area contributed by atoms with Crippen LogP contribution in [0.15, 0.2) is 46.9 Å². The van der Waals surface area contributed by atoms with Gasteiger partial charge in [-0.25, -0.2) is 0 Å². The topological polar surface area (TPSA) is 21.3 Å². The van der Waals surface area contributed by atoms with Gasteiger partial charge >= 0.3 is 0 Å². The standard InChI is InChI=1S/C16H17BrClNO/c1-2-8-20-15-5-3-4-14(10-15)19-11-12-9-13(17)6-7-16(12)18/h3-7,9-10,19H,2,8,11H2,1H3. The van der Waals surface area contributed by atoms with Crippen molar-refractivity contribution in [3.63, 3.8) is 0 Å². The van der Waals surface area contributed by atoms with Crippen molar-refractivity contribution in [2.24, 2.45) is 0 Å². The molecule has 0 spiro atoms. The summed E-state index contributed by atoms with van der Waals surface area (Å²) in [7, 11) is 0. The largest absolute Gasteiger partial charge is 0.494 e. The van der Waals surface area contributed by atoms with E-state index in [2.05, 4.69) is 28.2 Å². The zero-order chi connectivity index (χ0) is 14.4. The van der Waals surface area contributed by atoms with E-state index >= 15 is 0 Å². The van der Waals surface area contributed by atoms with Crippen LogP contribution in [0.3, 0.4) is 0 Å². The minimum absolute atomic E-state index is 0.676. The number of ether oxygens (including phenoxy) is 1. The highest BCUT2D eigenvalue weighted by atomic mass is 79.9. The van der Waals surface area contributed by atoms with Crippen LogP contribution in [0.4, 0.5) is 5.69 Å². The fraction of sp³-hybridized carbons (Fsp3) is 0.250. The quantitative estimate of drug-likeness (QED) is 0.739. The van der Waals surface area contributed by atoms with Crippen molar-refractivity contribution in [3.8, 4) is 5.75 Å². The second-order valence-electron chi connectivity index (χ2n) is 4.47. The van der Waals surface area contributed by atoms with Gasteiger partial charge in [0, 0.05) is 27.8 Å². The molecule has 0 heterocycles. The number of halogens is 2. The number of nitrogens with one attached hydrogen (secondary N) is 1. The van der Waals surface area contributed by atoms with E-state index in [-0.39, 0.29) is 0 Å². The van der Waals surface area contributed by atoms with E-state index in [0.29, 0.717) is 6.54 Å². The molecule has 0 aliphatic carbocycles. The van der Waals surface area contributed by atoms with Gasteiger partial charge in [-0.3, -0.25) is 0 Å². The second-order valence-corrected chi connectivity index (χ2v) is 5.79. The Kier molecular flexibility index (Phi) is 5.74. The van der Waals surface area contributed by atoms with Gasteiger partial charge in [0.15, 0.2) is 0 Å². The van der Waals surface area contributed by atoms with Gasteiger partial charge in [-0.15, -0.1) is 0 Å². The fourth-order valence-corrected chi connectivity index (χ4v) is 2.38. The highest BCUT2D eigenvalue weighted by Gasteiger charge is 2.02. The Bertz CT molecular complexity index is 574. The van der Waals surface area contributed by atoms with Crippen LogP contribution in [-0.4, -0.2) is 6.61 Å². The Hall–Kier alpha value is -1.19. The summed E-state index contributed by atoms with van der Waals surface area (Å²) in [6.07, 6.45) is 1.01. The van der Waals surface area contributed by atoms with Crippen molar-refractivity contribution in [1.29, 1.82) is 0 Å². The summed E-state index contributed by atoms with van der Waals surface area (Å²) in [6.45, 7) is 3.51. The van der Waals surface area contributed by atoms with Crippen LogP contribution in [-0.2, 0) is 6.54 Å². The predicted octanol–water partition coefficient (Wildman–Crippen LogP) is 5.50. The van der Waals surface area contributed by atoms with Gasteiger partial charge in [-0.05, 0) is 42.3 Å². The van der Waals surface area contributed by atoms with Gasteiger partial charge in [0.1, 0.15) is 5.75 Å². The van der Waals surface area contributed by atoms with Gasteiger partial charge in [-0.1, -0.05) is 40.5 Å². The van der Waals surface area contributed by atoms with Crippen LogP contribution in [0.1, 0.15) is 18.9 Å². The molecule has 0 aliphatic heterocycles. The monoisotopic (exact) mass is 353 g/mol. The van der Waals surface area contributed by atoms with Crippen LogP contribution in [0.2, 0.25) is 5.02 Å². The summed E-state index contributed by atoms with van der Waals surface area (Å²) >= 11 is 9.63. The van der Waals surface area contributed by atoms with Crippen LogP contribution in [0.25, 0.3) is 0 Å². The molecular formula is C16H17BrClNO. The summed E-state index contributed by atoms with van der Waals surface area (Å²) in [5.74, 6) is 0.886. The first-order chi connectivity index (χ1) is 9.69. The minimum Gasteiger partial charge on any atom is -0.494 e. The van der Waals surface area contributed by atoms with E-state index in [1.54, 1.807) is 0 Å². The molecule has 0 saturated carbocycles. The molecule has 1 N–H and O–H groups in total. The van der Waals surface area contributed by atoms with E-state index in [1.165, 1.54) is 0 Å². The third-order valence-corrected chi connectivity index (χ3v) is 3.66. The van der Waals surface area contributed by atoms with Gasteiger partial charge in [0.25, 0.3) is 0 Å². The number of anilines is 1. The lowest BCUT2D eigenvalue weighted by Crippen LogP contribution is -2.01. The number of hydrogen-bond donors (Lipinski definition) is 1. The van der Waals surface area contributed by atoms with E-state index in [9.17, 15) is 0 Å². The molecule has 2 nitrogen and oxygen atoms in total. The zero-order valence-corrected chi connectivity index (χ0v) is 13.7. The second kappa shape index (κ2) is 7.55. The first-order valence-corrected chi connectivity index (χ1v) is 7.77. The van der Waals surface area contributed by atoms with Crippen molar-refractivity contribution >= 4 is 33.2 Å². The molecule has 0 bridgehead atoms. The fourth-order valence-electron chi connectivity index (χ4n) is 1.79. The molecule has 0 aromatic heterocycles. The molecule has 2 aromatic rings. The average Bonchev–Trinajstić information content (AvgIpc) is 2.46. The van der Waals surface area contributed by atoms with E-state index in [4.69, 9.17) is 16.3 Å². The van der Waals surface area contributed by atoms with E-state index < -0.39 is 0 Å². The third-order valence-electron chi connectivity index (χ3n) is 2.80.